The average molecular weight is 514 g/mol. The van der Waals surface area contributed by atoms with Crippen LogP contribution in [-0.2, 0) is 21.4 Å². The Balaban J connectivity index is 1.63. The maximum absolute atomic E-state index is 13.9. The molecule has 34 heavy (non-hydrogen) atoms. The highest BCUT2D eigenvalue weighted by Crippen LogP contribution is 2.40. The number of carbonyl (C=O) groups is 2. The van der Waals surface area contributed by atoms with Gasteiger partial charge in [-0.1, -0.05) is 34.4 Å². The number of halogens is 5. The Hall–Kier alpha value is -2.78. The highest BCUT2D eigenvalue weighted by Gasteiger charge is 2.41. The number of rotatable bonds is 4. The Morgan fingerprint density at radius 3 is 2.44 bits per heavy atom. The van der Waals surface area contributed by atoms with Gasteiger partial charge in [-0.15, -0.1) is 0 Å². The zero-order valence-electron chi connectivity index (χ0n) is 18.2. The first-order valence-electron chi connectivity index (χ1n) is 10.4. The first-order chi connectivity index (χ1) is 15.9. The van der Waals surface area contributed by atoms with E-state index in [1.807, 2.05) is 0 Å². The minimum atomic E-state index is -4.79. The summed E-state index contributed by atoms with van der Waals surface area (Å²) < 4.78 is 41.8. The van der Waals surface area contributed by atoms with Gasteiger partial charge >= 0.3 is 6.18 Å². The van der Waals surface area contributed by atoms with E-state index in [-0.39, 0.29) is 36.8 Å². The van der Waals surface area contributed by atoms with Crippen LogP contribution < -0.4 is 0 Å². The number of hydrogen-bond donors (Lipinski definition) is 0. The number of hydrogen-bond acceptors (Lipinski definition) is 4. The summed E-state index contributed by atoms with van der Waals surface area (Å²) >= 11 is 12.2. The summed E-state index contributed by atoms with van der Waals surface area (Å²) in [5.74, 6) is -1.16. The number of nitrogens with zero attached hydrogens (tertiary/aromatic N) is 3. The van der Waals surface area contributed by atoms with Gasteiger partial charge in [0.05, 0.1) is 23.5 Å². The third kappa shape index (κ3) is 4.59. The molecular formula is C23H20Cl2F3N3O3. The summed E-state index contributed by atoms with van der Waals surface area (Å²) in [4.78, 5) is 32.9. The predicted molar refractivity (Wildman–Crippen MR) is 121 cm³/mol. The summed E-state index contributed by atoms with van der Waals surface area (Å²) in [6.07, 6.45) is -4.63. The van der Waals surface area contributed by atoms with E-state index in [0.29, 0.717) is 22.2 Å². The molecule has 180 valence electrons. The van der Waals surface area contributed by atoms with Gasteiger partial charge in [0.1, 0.15) is 6.54 Å². The lowest BCUT2D eigenvalue weighted by atomic mass is 9.88. The van der Waals surface area contributed by atoms with Crippen LogP contribution in [0.15, 0.2) is 41.6 Å². The fourth-order valence-corrected chi connectivity index (χ4v) is 4.56. The quantitative estimate of drug-likeness (QED) is 0.556. The Labute approximate surface area is 203 Å². The number of likely N-dealkylation sites (N-methyl/N-ethyl adjacent to an activating group) is 1. The number of oxime groups is 1. The second kappa shape index (κ2) is 8.78. The largest absolute Gasteiger partial charge is 0.417 e. The highest BCUT2D eigenvalue weighted by molar-refractivity contribution is 6.34. The summed E-state index contributed by atoms with van der Waals surface area (Å²) in [5, 5.41) is 4.80. The molecule has 0 radical (unpaired) electrons. The standard InChI is InChI=1S/C23H20Cl2F3N3O3/c1-3-30-12-31(11-20(30)32)21(33)17-5-4-13(6-18(17)23(26,27)28)19-10-22(2,34-29-19)14-7-15(24)9-16(25)8-14/h4-9H,3,10-12H2,1-2H3. The SMILES string of the molecule is CCN1CN(C(=O)c2ccc(C3=NOC(C)(c4cc(Cl)cc(Cl)c4)C3)cc2C(F)(F)F)CC1=O. The molecule has 1 unspecified atom stereocenters. The number of carbonyl (C=O) groups excluding carboxylic acids is 2. The second-order valence-corrected chi connectivity index (χ2v) is 9.22. The predicted octanol–water partition coefficient (Wildman–Crippen LogP) is 5.31. The number of amides is 2. The molecule has 2 amide bonds. The van der Waals surface area contributed by atoms with Crippen molar-refractivity contribution in [2.24, 2.45) is 5.16 Å². The van der Waals surface area contributed by atoms with E-state index in [2.05, 4.69) is 5.16 Å². The molecule has 2 aromatic carbocycles. The van der Waals surface area contributed by atoms with E-state index >= 15 is 0 Å². The van der Waals surface area contributed by atoms with Crippen LogP contribution in [0, 0.1) is 0 Å². The van der Waals surface area contributed by atoms with Crippen LogP contribution >= 0.6 is 23.2 Å². The Kier molecular flexibility index (Phi) is 6.29. The fraction of sp³-hybridized carbons (Fsp3) is 0.348. The molecule has 0 N–H and O–H groups in total. The lowest BCUT2D eigenvalue weighted by Crippen LogP contribution is -2.32. The molecule has 1 saturated heterocycles. The Morgan fingerprint density at radius 2 is 1.85 bits per heavy atom. The van der Waals surface area contributed by atoms with Gasteiger partial charge in [-0.05, 0) is 44.2 Å². The lowest BCUT2D eigenvalue weighted by molar-refractivity contribution is -0.138. The monoisotopic (exact) mass is 513 g/mol. The van der Waals surface area contributed by atoms with Crippen LogP contribution in [0.2, 0.25) is 10.0 Å². The average Bonchev–Trinajstić information content (AvgIpc) is 3.35. The molecule has 1 atom stereocenters. The van der Waals surface area contributed by atoms with Gasteiger partial charge in [-0.25, -0.2) is 0 Å². The van der Waals surface area contributed by atoms with Crippen molar-refractivity contribution >= 4 is 40.7 Å². The Morgan fingerprint density at radius 1 is 1.18 bits per heavy atom. The number of alkyl halides is 3. The number of benzene rings is 2. The van der Waals surface area contributed by atoms with Crippen molar-refractivity contribution < 1.29 is 27.6 Å². The van der Waals surface area contributed by atoms with Crippen LogP contribution in [-0.4, -0.2) is 47.1 Å². The van der Waals surface area contributed by atoms with E-state index in [0.717, 1.165) is 17.0 Å². The molecule has 0 aliphatic carbocycles. The van der Waals surface area contributed by atoms with Gasteiger partial charge in [0.15, 0.2) is 5.60 Å². The van der Waals surface area contributed by atoms with Crippen molar-refractivity contribution in [1.82, 2.24) is 9.80 Å². The summed E-state index contributed by atoms with van der Waals surface area (Å²) in [6, 6.07) is 8.29. The van der Waals surface area contributed by atoms with Crippen LogP contribution in [0.1, 0.15) is 47.3 Å². The van der Waals surface area contributed by atoms with Crippen LogP contribution in [0.25, 0.3) is 0 Å². The van der Waals surface area contributed by atoms with Gasteiger partial charge in [0, 0.05) is 34.1 Å². The normalized spacial score (nSPS) is 20.6. The molecule has 1 fully saturated rings. The van der Waals surface area contributed by atoms with Crippen molar-refractivity contribution in [3.05, 3.63) is 68.7 Å². The third-order valence-electron chi connectivity index (χ3n) is 5.91. The molecule has 0 bridgehead atoms. The maximum atomic E-state index is 13.9. The molecule has 2 heterocycles. The van der Waals surface area contributed by atoms with E-state index < -0.39 is 28.8 Å². The molecule has 2 aliphatic heterocycles. The van der Waals surface area contributed by atoms with Gasteiger partial charge in [0.25, 0.3) is 5.91 Å². The van der Waals surface area contributed by atoms with E-state index in [1.54, 1.807) is 32.0 Å². The summed E-state index contributed by atoms with van der Waals surface area (Å²) in [6.45, 7) is 3.53. The molecule has 4 rings (SSSR count). The van der Waals surface area contributed by atoms with E-state index in [4.69, 9.17) is 28.0 Å². The van der Waals surface area contributed by atoms with Gasteiger partial charge in [-0.2, -0.15) is 13.2 Å². The first kappa shape index (κ1) is 24.3. The van der Waals surface area contributed by atoms with Crippen molar-refractivity contribution in [3.63, 3.8) is 0 Å². The topological polar surface area (TPSA) is 62.2 Å². The molecule has 0 spiro atoms. The van der Waals surface area contributed by atoms with Crippen LogP contribution in [0.5, 0.6) is 0 Å². The Bertz CT molecular complexity index is 1180. The first-order valence-corrected chi connectivity index (χ1v) is 11.2. The van der Waals surface area contributed by atoms with Gasteiger partial charge < -0.3 is 14.6 Å². The molecule has 11 heteroatoms. The smallest absolute Gasteiger partial charge is 0.384 e. The molecule has 6 nitrogen and oxygen atoms in total. The zero-order valence-corrected chi connectivity index (χ0v) is 19.8. The molecular weight excluding hydrogens is 494 g/mol. The van der Waals surface area contributed by atoms with Gasteiger partial charge in [-0.3, -0.25) is 9.59 Å². The van der Waals surface area contributed by atoms with E-state index in [1.165, 1.54) is 11.0 Å². The minimum absolute atomic E-state index is 0.0473. The molecule has 2 aliphatic rings. The second-order valence-electron chi connectivity index (χ2n) is 8.35. The molecule has 0 saturated carbocycles. The zero-order chi connectivity index (χ0) is 24.8. The van der Waals surface area contributed by atoms with Crippen molar-refractivity contribution in [1.29, 1.82) is 0 Å². The maximum Gasteiger partial charge on any atom is 0.417 e. The van der Waals surface area contributed by atoms with Crippen molar-refractivity contribution in [3.8, 4) is 0 Å². The highest BCUT2D eigenvalue weighted by atomic mass is 35.5. The summed E-state index contributed by atoms with van der Waals surface area (Å²) in [5.41, 5.74) is -1.50. The molecule has 2 aromatic rings. The molecule has 0 aromatic heterocycles. The third-order valence-corrected chi connectivity index (χ3v) is 6.35. The van der Waals surface area contributed by atoms with E-state index in [9.17, 15) is 22.8 Å². The van der Waals surface area contributed by atoms with Crippen molar-refractivity contribution in [2.75, 3.05) is 19.8 Å². The minimum Gasteiger partial charge on any atom is -0.384 e. The van der Waals surface area contributed by atoms with Gasteiger partial charge in [0.2, 0.25) is 5.91 Å². The van der Waals surface area contributed by atoms with Crippen molar-refractivity contribution in [2.45, 2.75) is 32.0 Å². The van der Waals surface area contributed by atoms with Crippen LogP contribution in [0.3, 0.4) is 0 Å². The lowest BCUT2D eigenvalue weighted by Gasteiger charge is -2.22. The fourth-order valence-electron chi connectivity index (χ4n) is 4.03. The summed E-state index contributed by atoms with van der Waals surface area (Å²) in [7, 11) is 0. The van der Waals surface area contributed by atoms with Crippen LogP contribution in [0.4, 0.5) is 13.2 Å².